The van der Waals surface area contributed by atoms with E-state index in [-0.39, 0.29) is 0 Å². The lowest BCUT2D eigenvalue weighted by atomic mass is 10.1. The number of rotatable bonds is 5. The molecule has 2 rings (SSSR count). The second-order valence-electron chi connectivity index (χ2n) is 4.68. The molecule has 1 N–H and O–H groups in total. The van der Waals surface area contributed by atoms with Crippen molar-refractivity contribution in [1.82, 2.24) is 0 Å². The Hall–Kier alpha value is -1.86. The van der Waals surface area contributed by atoms with Crippen molar-refractivity contribution in [3.63, 3.8) is 0 Å². The van der Waals surface area contributed by atoms with Crippen LogP contribution in [0.4, 0.5) is 5.69 Å². The quantitative estimate of drug-likeness (QED) is 0.403. The molecule has 0 atom stereocenters. The molecule has 0 bridgehead atoms. The molecule has 0 aromatic heterocycles. The van der Waals surface area contributed by atoms with Gasteiger partial charge in [-0.2, -0.15) is 0 Å². The van der Waals surface area contributed by atoms with Gasteiger partial charge in [-0.15, -0.1) is 0 Å². The van der Waals surface area contributed by atoms with Crippen molar-refractivity contribution in [3.8, 4) is 5.75 Å². The first-order valence-corrected chi connectivity index (χ1v) is 9.98. The van der Waals surface area contributed by atoms with Gasteiger partial charge >= 0.3 is 5.97 Å². The van der Waals surface area contributed by atoms with E-state index in [1.165, 1.54) is 7.11 Å². The molecular weight excluding hydrogens is 478 g/mol. The van der Waals surface area contributed by atoms with E-state index in [0.717, 1.165) is 26.7 Å². The van der Waals surface area contributed by atoms with E-state index in [1.807, 2.05) is 40.0 Å². The van der Waals surface area contributed by atoms with Gasteiger partial charge in [0.1, 0.15) is 12.0 Å². The summed E-state index contributed by atoms with van der Waals surface area (Å²) in [5, 5.41) is 3.06. The average molecular weight is 503 g/mol. The van der Waals surface area contributed by atoms with Gasteiger partial charge in [0, 0.05) is 18.3 Å². The molecule has 0 saturated carbocycles. The zero-order chi connectivity index (χ0) is 20.8. The summed E-state index contributed by atoms with van der Waals surface area (Å²) >= 11 is 6.89. The summed E-state index contributed by atoms with van der Waals surface area (Å²) in [6.07, 6.45) is 0.723. The van der Waals surface area contributed by atoms with E-state index in [0.29, 0.717) is 17.7 Å². The zero-order valence-corrected chi connectivity index (χ0v) is 19.3. The first kappa shape index (κ1) is 25.1. The summed E-state index contributed by atoms with van der Waals surface area (Å²) in [7, 11) is 3.20. The summed E-state index contributed by atoms with van der Waals surface area (Å²) < 4.78 is 11.8. The second kappa shape index (κ2) is 14.2. The Labute approximate surface area is 177 Å². The first-order chi connectivity index (χ1) is 13.0. The number of halogens is 2. The highest BCUT2D eigenvalue weighted by Gasteiger charge is 2.07. The van der Waals surface area contributed by atoms with Crippen molar-refractivity contribution < 1.29 is 19.1 Å². The highest BCUT2D eigenvalue weighted by molar-refractivity contribution is 9.11. The van der Waals surface area contributed by atoms with Crippen LogP contribution in [-0.2, 0) is 4.74 Å². The van der Waals surface area contributed by atoms with Gasteiger partial charge in [0.05, 0.1) is 28.2 Å². The number of ether oxygens (including phenoxy) is 2. The van der Waals surface area contributed by atoms with E-state index in [1.54, 1.807) is 24.3 Å². The van der Waals surface area contributed by atoms with Crippen LogP contribution in [0.1, 0.15) is 41.5 Å². The minimum absolute atomic E-state index is 0.396. The number of hydrogen-bond donors (Lipinski definition) is 1. The summed E-state index contributed by atoms with van der Waals surface area (Å²) in [6.45, 7) is 6.63. The van der Waals surface area contributed by atoms with Crippen LogP contribution in [-0.4, -0.2) is 33.0 Å². The predicted octanol–water partition coefficient (Wildman–Crippen LogP) is 5.96. The van der Waals surface area contributed by atoms with E-state index in [4.69, 9.17) is 4.74 Å². The number of anilines is 1. The van der Waals surface area contributed by atoms with E-state index in [2.05, 4.69) is 41.9 Å². The maximum Gasteiger partial charge on any atom is 0.337 e. The fourth-order valence-electron chi connectivity index (χ4n) is 1.80. The molecule has 0 spiro atoms. The predicted molar refractivity (Wildman–Crippen MR) is 117 cm³/mol. The van der Waals surface area contributed by atoms with Crippen LogP contribution in [0.25, 0.3) is 0 Å². The Morgan fingerprint density at radius 3 is 2.00 bits per heavy atom. The molecule has 148 valence electrons. The number of benzene rings is 2. The fraction of sp³-hybridized carbons (Fsp3) is 0.300. The third-order valence-corrected chi connectivity index (χ3v) is 4.22. The van der Waals surface area contributed by atoms with E-state index in [9.17, 15) is 9.59 Å². The molecule has 0 aliphatic carbocycles. The molecule has 0 amide bonds. The van der Waals surface area contributed by atoms with E-state index < -0.39 is 5.97 Å². The van der Waals surface area contributed by atoms with Crippen molar-refractivity contribution in [2.75, 3.05) is 26.1 Å². The van der Waals surface area contributed by atoms with Crippen molar-refractivity contribution in [1.29, 1.82) is 0 Å². The number of hydrogen-bond acceptors (Lipinski definition) is 5. The third-order valence-electron chi connectivity index (χ3n) is 3.04. The third kappa shape index (κ3) is 8.58. The van der Waals surface area contributed by atoms with Gasteiger partial charge < -0.3 is 14.8 Å². The van der Waals surface area contributed by atoms with Crippen LogP contribution in [0, 0.1) is 0 Å². The molecular formula is C20H25Br2NO4. The maximum absolute atomic E-state index is 10.9. The fourth-order valence-corrected chi connectivity index (χ4v) is 3.22. The molecule has 0 saturated heterocycles. The first-order valence-electron chi connectivity index (χ1n) is 8.39. The second-order valence-corrected chi connectivity index (χ2v) is 6.39. The Bertz CT molecular complexity index is 695. The molecule has 5 nitrogen and oxygen atoms in total. The number of aldehydes is 1. The van der Waals surface area contributed by atoms with Crippen LogP contribution >= 0.6 is 31.9 Å². The van der Waals surface area contributed by atoms with Crippen molar-refractivity contribution in [2.24, 2.45) is 0 Å². The standard InChI is InChI=1S/C9H11Br2NO.C9H8O3.C2H6/c1-3-13-9-7(10)4-6(12-2)5-8(9)11;1-12-9(11)8-4-2-7(6-10)3-5-8;1-2/h4-5,12H,3H2,1-2H3;2-6H,1H3;1-2H3. The van der Waals surface area contributed by atoms with Gasteiger partial charge in [-0.25, -0.2) is 4.79 Å². The Kier molecular flexibility index (Phi) is 13.2. The largest absolute Gasteiger partial charge is 0.492 e. The molecule has 7 heteroatoms. The summed E-state index contributed by atoms with van der Waals surface area (Å²) in [6, 6.07) is 10.2. The summed E-state index contributed by atoms with van der Waals surface area (Å²) in [4.78, 5) is 21.1. The minimum Gasteiger partial charge on any atom is -0.492 e. The lowest BCUT2D eigenvalue weighted by Crippen LogP contribution is -2.00. The van der Waals surface area contributed by atoms with Crippen molar-refractivity contribution >= 4 is 49.8 Å². The summed E-state index contributed by atoms with van der Waals surface area (Å²) in [5.74, 6) is 0.453. The van der Waals surface area contributed by atoms with Gasteiger partial charge in [0.25, 0.3) is 0 Å². The normalized spacial score (nSPS) is 9.00. The Morgan fingerprint density at radius 1 is 1.11 bits per heavy atom. The molecule has 0 radical (unpaired) electrons. The van der Waals surface area contributed by atoms with Gasteiger partial charge in [-0.05, 0) is 63.0 Å². The van der Waals surface area contributed by atoms with Crippen LogP contribution < -0.4 is 10.1 Å². The molecule has 0 heterocycles. The van der Waals surface area contributed by atoms with Gasteiger partial charge in [-0.1, -0.05) is 26.0 Å². The summed E-state index contributed by atoms with van der Waals surface area (Å²) in [5.41, 5.74) is 2.04. The number of methoxy groups -OCH3 is 1. The molecule has 2 aromatic carbocycles. The monoisotopic (exact) mass is 501 g/mol. The molecule has 2 aromatic rings. The van der Waals surface area contributed by atoms with Crippen molar-refractivity contribution in [2.45, 2.75) is 20.8 Å². The number of nitrogens with one attached hydrogen (secondary N) is 1. The van der Waals surface area contributed by atoms with Crippen LogP contribution in [0.2, 0.25) is 0 Å². The smallest absolute Gasteiger partial charge is 0.337 e. The number of carbonyl (C=O) groups excluding carboxylic acids is 2. The maximum atomic E-state index is 10.9. The Balaban J connectivity index is 0.000000460. The topological polar surface area (TPSA) is 64.6 Å². The number of carbonyl (C=O) groups is 2. The molecule has 0 unspecified atom stereocenters. The lowest BCUT2D eigenvalue weighted by Gasteiger charge is -2.10. The van der Waals surface area contributed by atoms with Crippen LogP contribution in [0.5, 0.6) is 5.75 Å². The molecule has 0 fully saturated rings. The SMILES string of the molecule is CC.CCOc1c(Br)cc(NC)cc1Br.COC(=O)c1ccc(C=O)cc1. The van der Waals surface area contributed by atoms with Crippen LogP contribution in [0.15, 0.2) is 45.3 Å². The highest BCUT2D eigenvalue weighted by Crippen LogP contribution is 2.36. The van der Waals surface area contributed by atoms with Gasteiger partial charge in [0.2, 0.25) is 0 Å². The Morgan fingerprint density at radius 2 is 1.63 bits per heavy atom. The molecule has 27 heavy (non-hydrogen) atoms. The van der Waals surface area contributed by atoms with Gasteiger partial charge in [-0.3, -0.25) is 4.79 Å². The van der Waals surface area contributed by atoms with Gasteiger partial charge in [0.15, 0.2) is 0 Å². The zero-order valence-electron chi connectivity index (χ0n) is 16.1. The molecule has 0 aliphatic rings. The van der Waals surface area contributed by atoms with Crippen molar-refractivity contribution in [3.05, 3.63) is 56.5 Å². The average Bonchev–Trinajstić information content (AvgIpc) is 2.72. The minimum atomic E-state index is -0.396. The van der Waals surface area contributed by atoms with Crippen LogP contribution in [0.3, 0.4) is 0 Å². The highest BCUT2D eigenvalue weighted by atomic mass is 79.9. The number of esters is 1. The van der Waals surface area contributed by atoms with E-state index >= 15 is 0 Å². The molecule has 0 aliphatic heterocycles. The lowest BCUT2D eigenvalue weighted by molar-refractivity contribution is 0.0600.